The number of nitrogens with zero attached hydrogens (tertiary/aromatic N) is 3. The molecule has 0 bridgehead atoms. The van der Waals surface area contributed by atoms with E-state index in [4.69, 9.17) is 16.0 Å². The summed E-state index contributed by atoms with van der Waals surface area (Å²) in [6.07, 6.45) is 8.05. The standard InChI is InChI=1S/C32H27ClFN3OSi/c33-31-30-28(34)20-37(32(30)36-21-35-31)23-18-22-16-17-29(27(22)19-23)38-39(24-10-4-1-5-11-24,25-12-6-2-7-13-25)26-14-8-3-9-15-26/h1-15,18,20-21,23,27,29H,16-17,19H2/t23-,27-,29-/m0/s1. The molecule has 4 nitrogen and oxygen atoms in total. The van der Waals surface area contributed by atoms with E-state index >= 15 is 0 Å². The quantitative estimate of drug-likeness (QED) is 0.120. The number of hydrogen-bond acceptors (Lipinski definition) is 3. The van der Waals surface area contributed by atoms with Crippen molar-refractivity contribution in [1.82, 2.24) is 14.5 Å². The van der Waals surface area contributed by atoms with Crippen molar-refractivity contribution in [2.24, 2.45) is 5.92 Å². The number of allylic oxidation sites excluding steroid dienone is 1. The van der Waals surface area contributed by atoms with E-state index in [1.54, 1.807) is 0 Å². The molecule has 0 radical (unpaired) electrons. The van der Waals surface area contributed by atoms with Gasteiger partial charge in [-0.25, -0.2) is 14.4 Å². The fourth-order valence-corrected chi connectivity index (χ4v) is 10.9. The molecule has 194 valence electrons. The fourth-order valence-electron chi connectivity index (χ4n) is 6.56. The van der Waals surface area contributed by atoms with Crippen LogP contribution in [0.2, 0.25) is 5.15 Å². The van der Waals surface area contributed by atoms with Gasteiger partial charge in [0.05, 0.1) is 17.5 Å². The number of hydrogen-bond donors (Lipinski definition) is 0. The molecule has 1 fully saturated rings. The van der Waals surface area contributed by atoms with Gasteiger partial charge in [0, 0.05) is 12.1 Å². The van der Waals surface area contributed by atoms with Crippen molar-refractivity contribution in [3.05, 3.63) is 126 Å². The van der Waals surface area contributed by atoms with Crippen LogP contribution in [0.4, 0.5) is 4.39 Å². The zero-order valence-corrected chi connectivity index (χ0v) is 23.0. The molecule has 5 aromatic rings. The summed E-state index contributed by atoms with van der Waals surface area (Å²) in [6, 6.07) is 32.1. The van der Waals surface area contributed by atoms with Gasteiger partial charge in [-0.1, -0.05) is 114 Å². The molecule has 2 aliphatic carbocycles. The van der Waals surface area contributed by atoms with Crippen LogP contribution in [-0.2, 0) is 4.43 Å². The lowest BCUT2D eigenvalue weighted by Crippen LogP contribution is -2.70. The van der Waals surface area contributed by atoms with E-state index < -0.39 is 8.32 Å². The maximum absolute atomic E-state index is 14.8. The maximum Gasteiger partial charge on any atom is 0.288 e. The first kappa shape index (κ1) is 24.5. The predicted molar refractivity (Wildman–Crippen MR) is 156 cm³/mol. The van der Waals surface area contributed by atoms with Gasteiger partial charge in [-0.15, -0.1) is 0 Å². The zero-order chi connectivity index (χ0) is 26.4. The van der Waals surface area contributed by atoms with Gasteiger partial charge in [0.1, 0.15) is 17.1 Å². The molecule has 1 saturated carbocycles. The van der Waals surface area contributed by atoms with Crippen molar-refractivity contribution >= 4 is 46.5 Å². The van der Waals surface area contributed by atoms with Crippen molar-refractivity contribution in [3.63, 3.8) is 0 Å². The van der Waals surface area contributed by atoms with Crippen LogP contribution in [0.1, 0.15) is 25.3 Å². The van der Waals surface area contributed by atoms with Crippen LogP contribution in [0.25, 0.3) is 11.0 Å². The molecule has 3 aromatic carbocycles. The van der Waals surface area contributed by atoms with Crippen molar-refractivity contribution in [2.75, 3.05) is 0 Å². The minimum absolute atomic E-state index is 0.00407. The molecule has 2 aromatic heterocycles. The minimum Gasteiger partial charge on any atom is -0.401 e. The largest absolute Gasteiger partial charge is 0.401 e. The molecule has 7 rings (SSSR count). The fraction of sp³-hybridized carbons (Fsp3) is 0.188. The molecular formula is C32H27ClFN3OSi. The SMILES string of the molecule is Fc1cn([C@H]2C=C3CC[C@H](O[Si](c4ccccc4)(c4ccccc4)c4ccccc4)[C@H]3C2)c2ncnc(Cl)c12. The molecular weight excluding hydrogens is 525 g/mol. The average Bonchev–Trinajstić information content (AvgIpc) is 3.67. The number of aromatic nitrogens is 3. The molecule has 0 unspecified atom stereocenters. The molecule has 0 saturated heterocycles. The van der Waals surface area contributed by atoms with Crippen LogP contribution in [0, 0.1) is 11.7 Å². The second-order valence-corrected chi connectivity index (χ2v) is 14.1. The van der Waals surface area contributed by atoms with Crippen molar-refractivity contribution in [2.45, 2.75) is 31.4 Å². The zero-order valence-electron chi connectivity index (χ0n) is 21.3. The Bertz CT molecular complexity index is 1560. The Morgan fingerprint density at radius 3 is 2.03 bits per heavy atom. The minimum atomic E-state index is -2.83. The highest BCUT2D eigenvalue weighted by Gasteiger charge is 2.48. The summed E-state index contributed by atoms with van der Waals surface area (Å²) in [7, 11) is -2.83. The summed E-state index contributed by atoms with van der Waals surface area (Å²) in [5, 5.41) is 4.14. The van der Waals surface area contributed by atoms with E-state index in [0.717, 1.165) is 19.3 Å². The van der Waals surface area contributed by atoms with E-state index in [1.165, 1.54) is 33.7 Å². The number of rotatable bonds is 6. The Morgan fingerprint density at radius 1 is 0.846 bits per heavy atom. The summed E-state index contributed by atoms with van der Waals surface area (Å²) < 4.78 is 24.3. The second kappa shape index (κ2) is 9.87. The third-order valence-electron chi connectivity index (χ3n) is 8.29. The van der Waals surface area contributed by atoms with Gasteiger partial charge in [-0.2, -0.15) is 0 Å². The lowest BCUT2D eigenvalue weighted by molar-refractivity contribution is 0.161. The van der Waals surface area contributed by atoms with Gasteiger partial charge in [-0.05, 0) is 34.8 Å². The molecule has 2 heterocycles. The van der Waals surface area contributed by atoms with Crippen LogP contribution in [0.3, 0.4) is 0 Å². The first-order chi connectivity index (χ1) is 19.1. The van der Waals surface area contributed by atoms with Crippen LogP contribution in [0.5, 0.6) is 0 Å². The molecule has 7 heteroatoms. The third kappa shape index (κ3) is 4.06. The van der Waals surface area contributed by atoms with Crippen molar-refractivity contribution < 1.29 is 8.82 Å². The Hall–Kier alpha value is -3.58. The molecule has 0 amide bonds. The van der Waals surface area contributed by atoms with Crippen LogP contribution >= 0.6 is 11.6 Å². The van der Waals surface area contributed by atoms with E-state index in [1.807, 2.05) is 4.57 Å². The van der Waals surface area contributed by atoms with E-state index in [9.17, 15) is 4.39 Å². The number of fused-ring (bicyclic) bond motifs is 2. The average molecular weight is 552 g/mol. The number of benzene rings is 3. The van der Waals surface area contributed by atoms with Crippen LogP contribution in [0.15, 0.2) is 115 Å². The summed E-state index contributed by atoms with van der Waals surface area (Å²) in [5.41, 5.74) is 1.93. The Balaban J connectivity index is 1.29. The highest BCUT2D eigenvalue weighted by Crippen LogP contribution is 2.47. The van der Waals surface area contributed by atoms with E-state index in [-0.39, 0.29) is 34.4 Å². The molecule has 2 aliphatic rings. The monoisotopic (exact) mass is 551 g/mol. The smallest absolute Gasteiger partial charge is 0.288 e. The third-order valence-corrected chi connectivity index (χ3v) is 12.7. The first-order valence-electron chi connectivity index (χ1n) is 13.4. The van der Waals surface area contributed by atoms with Crippen LogP contribution in [-0.4, -0.2) is 29.0 Å². The van der Waals surface area contributed by atoms with E-state index in [0.29, 0.717) is 5.65 Å². The summed E-state index contributed by atoms with van der Waals surface area (Å²) in [6.45, 7) is 0. The Labute approximate surface area is 232 Å². The lowest BCUT2D eigenvalue weighted by atomic mass is 10.0. The van der Waals surface area contributed by atoms with Crippen molar-refractivity contribution in [3.8, 4) is 0 Å². The van der Waals surface area contributed by atoms with Gasteiger partial charge in [0.2, 0.25) is 0 Å². The van der Waals surface area contributed by atoms with Gasteiger partial charge >= 0.3 is 0 Å². The normalized spacial score (nSPS) is 20.8. The Morgan fingerprint density at radius 2 is 1.44 bits per heavy atom. The highest BCUT2D eigenvalue weighted by atomic mass is 35.5. The van der Waals surface area contributed by atoms with Gasteiger partial charge in [0.15, 0.2) is 5.82 Å². The van der Waals surface area contributed by atoms with Gasteiger partial charge < -0.3 is 8.99 Å². The first-order valence-corrected chi connectivity index (χ1v) is 15.7. The molecule has 0 N–H and O–H groups in total. The molecule has 0 aliphatic heterocycles. The van der Waals surface area contributed by atoms with Crippen LogP contribution < -0.4 is 15.6 Å². The molecule has 0 spiro atoms. The second-order valence-electron chi connectivity index (χ2n) is 10.4. The predicted octanol–water partition coefficient (Wildman–Crippen LogP) is 5.56. The highest BCUT2D eigenvalue weighted by molar-refractivity contribution is 7.07. The number of halogens is 2. The van der Waals surface area contributed by atoms with Crippen molar-refractivity contribution in [1.29, 1.82) is 0 Å². The van der Waals surface area contributed by atoms with Gasteiger partial charge in [-0.3, -0.25) is 0 Å². The topological polar surface area (TPSA) is 39.9 Å². The summed E-state index contributed by atoms with van der Waals surface area (Å²) in [5.74, 6) is -0.127. The summed E-state index contributed by atoms with van der Waals surface area (Å²) in [4.78, 5) is 8.35. The lowest BCUT2D eigenvalue weighted by Gasteiger charge is -2.37. The Kier molecular flexibility index (Phi) is 6.19. The molecule has 39 heavy (non-hydrogen) atoms. The molecule has 3 atom stereocenters. The summed E-state index contributed by atoms with van der Waals surface area (Å²) >= 11 is 6.21. The van der Waals surface area contributed by atoms with Gasteiger partial charge in [0.25, 0.3) is 8.32 Å². The van der Waals surface area contributed by atoms with E-state index in [2.05, 4.69) is 107 Å². The maximum atomic E-state index is 14.8.